The Kier molecular flexibility index (Phi) is 7.15. The molecule has 1 fully saturated rings. The minimum atomic E-state index is -0.573. The number of nitrogens with two attached hydrogens (primary N) is 1. The number of carbonyl (C=O) groups excluding carboxylic acids is 2. The summed E-state index contributed by atoms with van der Waals surface area (Å²) in [5.41, 5.74) is 5.43. The highest BCUT2D eigenvalue weighted by molar-refractivity contribution is 5.89. The van der Waals surface area contributed by atoms with E-state index in [2.05, 4.69) is 5.32 Å². The molecule has 0 aliphatic carbocycles. The van der Waals surface area contributed by atoms with E-state index in [0.29, 0.717) is 0 Å². The van der Waals surface area contributed by atoms with Crippen LogP contribution < -0.4 is 11.1 Å². The molecule has 1 aliphatic rings. The van der Waals surface area contributed by atoms with Gasteiger partial charge in [-0.15, -0.1) is 12.4 Å². The molecule has 100 valence electrons. The number of halogens is 1. The van der Waals surface area contributed by atoms with Gasteiger partial charge in [-0.2, -0.15) is 0 Å². The van der Waals surface area contributed by atoms with E-state index in [9.17, 15) is 9.59 Å². The normalized spacial score (nSPS) is 18.9. The summed E-state index contributed by atoms with van der Waals surface area (Å²) in [7, 11) is 0. The van der Waals surface area contributed by atoms with E-state index in [1.807, 2.05) is 4.90 Å². The third kappa shape index (κ3) is 4.91. The quantitative estimate of drug-likeness (QED) is 0.768. The number of nitrogens with zero attached hydrogens (tertiary/aromatic N) is 1. The topological polar surface area (TPSA) is 75.4 Å². The first-order valence-electron chi connectivity index (χ1n) is 5.87. The van der Waals surface area contributed by atoms with Crippen LogP contribution in [0.4, 0.5) is 0 Å². The number of amides is 2. The lowest BCUT2D eigenvalue weighted by atomic mass is 10.1. The predicted molar refractivity (Wildman–Crippen MR) is 68.9 cm³/mol. The highest BCUT2D eigenvalue weighted by Gasteiger charge is 2.23. The number of hydrogen-bond acceptors (Lipinski definition) is 3. The van der Waals surface area contributed by atoms with Gasteiger partial charge in [0.2, 0.25) is 11.8 Å². The summed E-state index contributed by atoms with van der Waals surface area (Å²) in [6.45, 7) is 4.92. The molecular weight excluding hydrogens is 242 g/mol. The van der Waals surface area contributed by atoms with Crippen molar-refractivity contribution >= 4 is 24.2 Å². The molecule has 0 spiro atoms. The van der Waals surface area contributed by atoms with Crippen molar-refractivity contribution in [3.8, 4) is 0 Å². The molecule has 3 N–H and O–H groups in total. The summed E-state index contributed by atoms with van der Waals surface area (Å²) in [5, 5.41) is 2.62. The second-order valence-electron chi connectivity index (χ2n) is 4.40. The summed E-state index contributed by atoms with van der Waals surface area (Å²) < 4.78 is 0. The van der Waals surface area contributed by atoms with Gasteiger partial charge in [0.05, 0.1) is 6.04 Å². The van der Waals surface area contributed by atoms with Crippen molar-refractivity contribution in [1.82, 2.24) is 10.2 Å². The van der Waals surface area contributed by atoms with Gasteiger partial charge in [-0.25, -0.2) is 0 Å². The first-order chi connectivity index (χ1) is 7.52. The van der Waals surface area contributed by atoms with Crippen LogP contribution in [0.15, 0.2) is 0 Å². The zero-order chi connectivity index (χ0) is 12.1. The Morgan fingerprint density at radius 2 is 1.71 bits per heavy atom. The maximum Gasteiger partial charge on any atom is 0.244 e. The van der Waals surface area contributed by atoms with E-state index >= 15 is 0 Å². The molecule has 1 aliphatic heterocycles. The zero-order valence-corrected chi connectivity index (χ0v) is 11.3. The third-order valence-electron chi connectivity index (χ3n) is 2.81. The molecule has 0 aromatic heterocycles. The van der Waals surface area contributed by atoms with Crippen LogP contribution in [0.25, 0.3) is 0 Å². The largest absolute Gasteiger partial charge is 0.343 e. The lowest BCUT2D eigenvalue weighted by Gasteiger charge is -2.29. The Hall–Kier alpha value is -0.810. The Balaban J connectivity index is 0.00000256. The fourth-order valence-electron chi connectivity index (χ4n) is 1.79. The predicted octanol–water partition coefficient (Wildman–Crippen LogP) is 0.273. The summed E-state index contributed by atoms with van der Waals surface area (Å²) in [6, 6.07) is -1.05. The average Bonchev–Trinajstić information content (AvgIpc) is 2.28. The Morgan fingerprint density at radius 1 is 1.18 bits per heavy atom. The molecule has 2 atom stereocenters. The molecule has 5 nitrogen and oxygen atoms in total. The molecule has 1 unspecified atom stereocenters. The zero-order valence-electron chi connectivity index (χ0n) is 10.4. The average molecular weight is 264 g/mol. The molecule has 1 saturated heterocycles. The molecule has 6 heteroatoms. The van der Waals surface area contributed by atoms with Crippen LogP contribution in [-0.2, 0) is 9.59 Å². The number of rotatable bonds is 3. The van der Waals surface area contributed by atoms with Crippen LogP contribution in [-0.4, -0.2) is 41.9 Å². The van der Waals surface area contributed by atoms with Crippen molar-refractivity contribution in [3.63, 3.8) is 0 Å². The first kappa shape index (κ1) is 16.2. The standard InChI is InChI=1S/C11H21N3O2.ClH/c1-8(12)10(15)13-9(2)11(16)14-6-4-3-5-7-14;/h8-9H,3-7,12H2,1-2H3,(H,13,15);1H/t8-,9?;/m1./s1. The molecule has 0 radical (unpaired) electrons. The summed E-state index contributed by atoms with van der Waals surface area (Å²) >= 11 is 0. The summed E-state index contributed by atoms with van der Waals surface area (Å²) in [5.74, 6) is -0.286. The lowest BCUT2D eigenvalue weighted by Crippen LogP contribution is -2.51. The fourth-order valence-corrected chi connectivity index (χ4v) is 1.79. The van der Waals surface area contributed by atoms with Gasteiger partial charge >= 0.3 is 0 Å². The van der Waals surface area contributed by atoms with Gasteiger partial charge in [0.15, 0.2) is 0 Å². The van der Waals surface area contributed by atoms with Crippen LogP contribution in [0.2, 0.25) is 0 Å². The van der Waals surface area contributed by atoms with E-state index in [1.54, 1.807) is 13.8 Å². The van der Waals surface area contributed by atoms with Crippen LogP contribution >= 0.6 is 12.4 Å². The van der Waals surface area contributed by atoms with Crippen molar-refractivity contribution in [1.29, 1.82) is 0 Å². The minimum absolute atomic E-state index is 0. The molecule has 0 aromatic rings. The first-order valence-corrected chi connectivity index (χ1v) is 5.87. The lowest BCUT2D eigenvalue weighted by molar-refractivity contribution is -0.136. The van der Waals surface area contributed by atoms with Gasteiger partial charge in [-0.1, -0.05) is 0 Å². The molecule has 2 amide bonds. The Bertz CT molecular complexity index is 265. The van der Waals surface area contributed by atoms with E-state index in [1.165, 1.54) is 6.42 Å². The van der Waals surface area contributed by atoms with Crippen LogP contribution in [0.5, 0.6) is 0 Å². The number of hydrogen-bond donors (Lipinski definition) is 2. The molecular formula is C11H22ClN3O2. The summed E-state index contributed by atoms with van der Waals surface area (Å²) in [6.07, 6.45) is 3.30. The smallest absolute Gasteiger partial charge is 0.244 e. The molecule has 0 bridgehead atoms. The van der Waals surface area contributed by atoms with E-state index in [4.69, 9.17) is 5.73 Å². The second kappa shape index (κ2) is 7.50. The van der Waals surface area contributed by atoms with E-state index < -0.39 is 12.1 Å². The van der Waals surface area contributed by atoms with Crippen molar-refractivity contribution < 1.29 is 9.59 Å². The minimum Gasteiger partial charge on any atom is -0.343 e. The third-order valence-corrected chi connectivity index (χ3v) is 2.81. The number of piperidine rings is 1. The van der Waals surface area contributed by atoms with Gasteiger partial charge in [0, 0.05) is 13.1 Å². The van der Waals surface area contributed by atoms with Crippen molar-refractivity contribution in [2.75, 3.05) is 13.1 Å². The molecule has 0 aromatic carbocycles. The highest BCUT2D eigenvalue weighted by atomic mass is 35.5. The van der Waals surface area contributed by atoms with E-state index in [0.717, 1.165) is 25.9 Å². The van der Waals surface area contributed by atoms with Gasteiger partial charge in [-0.3, -0.25) is 9.59 Å². The number of nitrogens with one attached hydrogen (secondary N) is 1. The van der Waals surface area contributed by atoms with Crippen molar-refractivity contribution in [3.05, 3.63) is 0 Å². The molecule has 0 saturated carbocycles. The number of likely N-dealkylation sites (tertiary alicyclic amines) is 1. The van der Waals surface area contributed by atoms with E-state index in [-0.39, 0.29) is 24.2 Å². The van der Waals surface area contributed by atoms with Crippen LogP contribution in [0.1, 0.15) is 33.1 Å². The monoisotopic (exact) mass is 263 g/mol. The van der Waals surface area contributed by atoms with Crippen molar-refractivity contribution in [2.45, 2.75) is 45.2 Å². The number of carbonyl (C=O) groups is 2. The molecule has 1 rings (SSSR count). The van der Waals surface area contributed by atoms with Crippen molar-refractivity contribution in [2.24, 2.45) is 5.73 Å². The van der Waals surface area contributed by atoms with Gasteiger partial charge < -0.3 is 16.0 Å². The summed E-state index contributed by atoms with van der Waals surface area (Å²) in [4.78, 5) is 25.1. The second-order valence-corrected chi connectivity index (χ2v) is 4.40. The van der Waals surface area contributed by atoms with Crippen LogP contribution in [0.3, 0.4) is 0 Å². The fraction of sp³-hybridized carbons (Fsp3) is 0.818. The van der Waals surface area contributed by atoms with Crippen LogP contribution in [0, 0.1) is 0 Å². The van der Waals surface area contributed by atoms with Gasteiger partial charge in [0.1, 0.15) is 6.04 Å². The maximum atomic E-state index is 11.9. The van der Waals surface area contributed by atoms with Gasteiger partial charge in [-0.05, 0) is 33.1 Å². The Morgan fingerprint density at radius 3 is 2.18 bits per heavy atom. The highest BCUT2D eigenvalue weighted by Crippen LogP contribution is 2.09. The SMILES string of the molecule is CC(NC(=O)[C@@H](C)N)C(=O)N1CCCCC1.Cl. The Labute approximate surface area is 109 Å². The molecule has 17 heavy (non-hydrogen) atoms. The van der Waals surface area contributed by atoms with Gasteiger partial charge in [0.25, 0.3) is 0 Å². The maximum absolute atomic E-state index is 11.9. The molecule has 1 heterocycles.